The van der Waals surface area contributed by atoms with Crippen molar-refractivity contribution in [1.29, 1.82) is 0 Å². The second-order valence-corrected chi connectivity index (χ2v) is 9.96. The van der Waals surface area contributed by atoms with Gasteiger partial charge in [-0.05, 0) is 70.6 Å². The van der Waals surface area contributed by atoms with Crippen molar-refractivity contribution in [3.63, 3.8) is 0 Å². The third-order valence-corrected chi connectivity index (χ3v) is 6.23. The van der Waals surface area contributed by atoms with E-state index < -0.39 is 5.60 Å². The molecule has 1 aromatic carbocycles. The Morgan fingerprint density at radius 2 is 1.96 bits per heavy atom. The van der Waals surface area contributed by atoms with Crippen molar-refractivity contribution >= 4 is 56.1 Å². The molecule has 0 unspecified atom stereocenters. The number of carbonyl (C=O) groups excluding carboxylic acids is 1. The van der Waals surface area contributed by atoms with E-state index in [-0.39, 0.29) is 6.09 Å². The first-order valence-corrected chi connectivity index (χ1v) is 11.1. The fraction of sp³-hybridized carbons (Fsp3) is 0.524. The van der Waals surface area contributed by atoms with Gasteiger partial charge in [-0.3, -0.25) is 0 Å². The topological polar surface area (TPSA) is 42.4 Å². The molecular formula is C21H25BrCl2N2O2. The molecule has 1 fully saturated rings. The number of nitrogens with zero attached hydrogens (tertiary/aromatic N) is 2. The molecule has 4 nitrogen and oxygen atoms in total. The van der Waals surface area contributed by atoms with Crippen molar-refractivity contribution in [2.24, 2.45) is 5.92 Å². The highest BCUT2D eigenvalue weighted by molar-refractivity contribution is 9.10. The highest BCUT2D eigenvalue weighted by atomic mass is 79.9. The molecule has 152 valence electrons. The number of likely N-dealkylation sites (tertiary alicyclic amines) is 1. The van der Waals surface area contributed by atoms with Crippen molar-refractivity contribution in [2.45, 2.75) is 52.1 Å². The zero-order valence-electron chi connectivity index (χ0n) is 16.4. The van der Waals surface area contributed by atoms with Gasteiger partial charge >= 0.3 is 6.09 Å². The van der Waals surface area contributed by atoms with E-state index in [9.17, 15) is 4.79 Å². The number of amides is 1. The van der Waals surface area contributed by atoms with Crippen molar-refractivity contribution in [3.05, 3.63) is 38.4 Å². The molecule has 7 heteroatoms. The normalized spacial score (nSPS) is 15.9. The molecule has 1 aliphatic rings. The molecule has 28 heavy (non-hydrogen) atoms. The first kappa shape index (κ1) is 21.7. The highest BCUT2D eigenvalue weighted by Crippen LogP contribution is 2.34. The first-order chi connectivity index (χ1) is 13.1. The van der Waals surface area contributed by atoms with Crippen molar-refractivity contribution < 1.29 is 9.53 Å². The van der Waals surface area contributed by atoms with Gasteiger partial charge in [0.1, 0.15) is 10.8 Å². The molecule has 1 aromatic heterocycles. The highest BCUT2D eigenvalue weighted by Gasteiger charge is 2.27. The second kappa shape index (κ2) is 8.76. The molecule has 0 aliphatic carbocycles. The maximum atomic E-state index is 12.2. The van der Waals surface area contributed by atoms with Gasteiger partial charge in [0.15, 0.2) is 0 Å². The number of pyridine rings is 1. The predicted molar refractivity (Wildman–Crippen MR) is 118 cm³/mol. The quantitative estimate of drug-likeness (QED) is 0.443. The third-order valence-electron chi connectivity index (χ3n) is 5.00. The Labute approximate surface area is 184 Å². The average molecular weight is 488 g/mol. The minimum absolute atomic E-state index is 0.221. The largest absolute Gasteiger partial charge is 0.444 e. The van der Waals surface area contributed by atoms with Crippen LogP contribution >= 0.6 is 39.1 Å². The zero-order chi connectivity index (χ0) is 20.5. The van der Waals surface area contributed by atoms with Gasteiger partial charge in [0.2, 0.25) is 0 Å². The van der Waals surface area contributed by atoms with Crippen LogP contribution in [0.4, 0.5) is 4.79 Å². The lowest BCUT2D eigenvalue weighted by atomic mass is 9.90. The zero-order valence-corrected chi connectivity index (χ0v) is 19.5. The number of aromatic nitrogens is 1. The summed E-state index contributed by atoms with van der Waals surface area (Å²) in [6, 6.07) is 5.82. The minimum atomic E-state index is -0.459. The lowest BCUT2D eigenvalue weighted by Gasteiger charge is -2.33. The molecule has 1 saturated heterocycles. The van der Waals surface area contributed by atoms with Gasteiger partial charge in [-0.25, -0.2) is 9.78 Å². The molecule has 0 spiro atoms. The number of hydrogen-bond acceptors (Lipinski definition) is 3. The number of fused-ring (bicyclic) bond motifs is 1. The standard InChI is InChI=1S/C21H25BrCl2N2O2/c1-21(2,3)28-20(27)26-10-8-13(9-11-26)4-6-15-18(23)16-12-14(22)5-7-17(16)25-19(15)24/h5,7,12-13H,4,6,8-11H2,1-3H3. The van der Waals surface area contributed by atoms with Crippen LogP contribution in [0, 0.1) is 5.92 Å². The van der Waals surface area contributed by atoms with Gasteiger partial charge in [-0.1, -0.05) is 39.1 Å². The summed E-state index contributed by atoms with van der Waals surface area (Å²) in [5.41, 5.74) is 1.25. The van der Waals surface area contributed by atoms with Crippen LogP contribution in [-0.2, 0) is 11.2 Å². The molecule has 2 heterocycles. The molecule has 2 aromatic rings. The monoisotopic (exact) mass is 486 g/mol. The summed E-state index contributed by atoms with van der Waals surface area (Å²) in [6.45, 7) is 7.12. The smallest absolute Gasteiger partial charge is 0.410 e. The first-order valence-electron chi connectivity index (χ1n) is 9.55. The van der Waals surface area contributed by atoms with Crippen LogP contribution in [-0.4, -0.2) is 34.7 Å². The van der Waals surface area contributed by atoms with E-state index in [4.69, 9.17) is 27.9 Å². The summed E-state index contributed by atoms with van der Waals surface area (Å²) < 4.78 is 6.43. The molecule has 0 N–H and O–H groups in total. The Morgan fingerprint density at radius 1 is 1.29 bits per heavy atom. The molecule has 1 amide bonds. The van der Waals surface area contributed by atoms with Crippen LogP contribution < -0.4 is 0 Å². The van der Waals surface area contributed by atoms with Crippen LogP contribution in [0.1, 0.15) is 45.6 Å². The Morgan fingerprint density at radius 3 is 2.61 bits per heavy atom. The number of carbonyl (C=O) groups is 1. The SMILES string of the molecule is CC(C)(C)OC(=O)N1CCC(CCc2c(Cl)nc3ccc(Br)cc3c2Cl)CC1. The van der Waals surface area contributed by atoms with Crippen molar-refractivity contribution in [3.8, 4) is 0 Å². The van der Waals surface area contributed by atoms with Gasteiger partial charge in [-0.15, -0.1) is 0 Å². The number of ether oxygens (including phenoxy) is 1. The van der Waals surface area contributed by atoms with E-state index >= 15 is 0 Å². The van der Waals surface area contributed by atoms with E-state index in [1.54, 1.807) is 4.90 Å². The molecule has 3 rings (SSSR count). The fourth-order valence-corrected chi connectivity index (χ4v) is 4.52. The molecule has 0 saturated carbocycles. The van der Waals surface area contributed by atoms with E-state index in [1.165, 1.54) is 0 Å². The summed E-state index contributed by atoms with van der Waals surface area (Å²) >= 11 is 16.5. The number of rotatable bonds is 3. The number of benzene rings is 1. The van der Waals surface area contributed by atoms with Gasteiger partial charge in [0.25, 0.3) is 0 Å². The van der Waals surface area contributed by atoms with Crippen LogP contribution in [0.3, 0.4) is 0 Å². The van der Waals surface area contributed by atoms with Gasteiger partial charge in [0.05, 0.1) is 10.5 Å². The summed E-state index contributed by atoms with van der Waals surface area (Å²) in [4.78, 5) is 18.5. The molecular weight excluding hydrogens is 463 g/mol. The molecule has 0 atom stereocenters. The third kappa shape index (κ3) is 5.31. The van der Waals surface area contributed by atoms with E-state index in [0.717, 1.165) is 59.7 Å². The maximum Gasteiger partial charge on any atom is 0.410 e. The number of hydrogen-bond donors (Lipinski definition) is 0. The number of piperidine rings is 1. The fourth-order valence-electron chi connectivity index (χ4n) is 3.50. The Bertz CT molecular complexity index is 875. The summed E-state index contributed by atoms with van der Waals surface area (Å²) in [5.74, 6) is 0.532. The summed E-state index contributed by atoms with van der Waals surface area (Å²) in [7, 11) is 0. The lowest BCUT2D eigenvalue weighted by Crippen LogP contribution is -2.41. The maximum absolute atomic E-state index is 12.2. The average Bonchev–Trinajstić information content (AvgIpc) is 2.61. The second-order valence-electron chi connectivity index (χ2n) is 8.31. The van der Waals surface area contributed by atoms with Crippen LogP contribution in [0.15, 0.2) is 22.7 Å². The lowest BCUT2D eigenvalue weighted by molar-refractivity contribution is 0.0181. The molecule has 0 radical (unpaired) electrons. The summed E-state index contributed by atoms with van der Waals surface area (Å²) in [5, 5.41) is 2.07. The Balaban J connectivity index is 1.61. The summed E-state index contributed by atoms with van der Waals surface area (Å²) in [6.07, 6.45) is 3.45. The van der Waals surface area contributed by atoms with Crippen molar-refractivity contribution in [2.75, 3.05) is 13.1 Å². The minimum Gasteiger partial charge on any atom is -0.444 e. The van der Waals surface area contributed by atoms with E-state index in [1.807, 2.05) is 39.0 Å². The van der Waals surface area contributed by atoms with E-state index in [2.05, 4.69) is 20.9 Å². The Hall–Kier alpha value is -1.04. The van der Waals surface area contributed by atoms with Gasteiger partial charge in [0, 0.05) is 28.5 Å². The predicted octanol–water partition coefficient (Wildman–Crippen LogP) is 6.88. The Kier molecular flexibility index (Phi) is 6.78. The van der Waals surface area contributed by atoms with Crippen LogP contribution in [0.5, 0.6) is 0 Å². The van der Waals surface area contributed by atoms with E-state index in [0.29, 0.717) is 16.1 Å². The number of halogens is 3. The van der Waals surface area contributed by atoms with Crippen molar-refractivity contribution in [1.82, 2.24) is 9.88 Å². The molecule has 0 bridgehead atoms. The van der Waals surface area contributed by atoms with Crippen LogP contribution in [0.2, 0.25) is 10.2 Å². The van der Waals surface area contributed by atoms with Crippen LogP contribution in [0.25, 0.3) is 10.9 Å². The molecule has 1 aliphatic heterocycles. The van der Waals surface area contributed by atoms with Gasteiger partial charge < -0.3 is 9.64 Å². The van der Waals surface area contributed by atoms with Gasteiger partial charge in [-0.2, -0.15) is 0 Å².